The molecule has 23 heavy (non-hydrogen) atoms. The lowest BCUT2D eigenvalue weighted by atomic mass is 10.1. The van der Waals surface area contributed by atoms with Gasteiger partial charge in [0.05, 0.1) is 17.7 Å². The van der Waals surface area contributed by atoms with Gasteiger partial charge in [0.25, 0.3) is 11.8 Å². The Labute approximate surface area is 132 Å². The van der Waals surface area contributed by atoms with Crippen LogP contribution < -0.4 is 0 Å². The van der Waals surface area contributed by atoms with Crippen LogP contribution in [0.3, 0.4) is 0 Å². The molecule has 0 saturated heterocycles. The number of carbonyl (C=O) groups is 2. The average Bonchev–Trinajstić information content (AvgIpc) is 3.10. The van der Waals surface area contributed by atoms with E-state index >= 15 is 0 Å². The fourth-order valence-corrected chi connectivity index (χ4v) is 2.87. The normalized spacial score (nSPS) is 13.8. The molecule has 2 aromatic carbocycles. The van der Waals surface area contributed by atoms with Gasteiger partial charge in [-0.05, 0) is 23.8 Å². The standard InChI is InChI=1S/C18H14N2O3/c21-17-14-6-1-2-7-15(14)18(22)20(17)23-10-9-12-11-19-16-8-4-3-5-13(12)16/h1-8,11,19H,9-10H2. The van der Waals surface area contributed by atoms with Gasteiger partial charge >= 0.3 is 0 Å². The number of aromatic nitrogens is 1. The molecule has 5 nitrogen and oxygen atoms in total. The lowest BCUT2D eigenvalue weighted by molar-refractivity contribution is -0.0901. The summed E-state index contributed by atoms with van der Waals surface area (Å²) in [6, 6.07) is 14.7. The third-order valence-electron chi connectivity index (χ3n) is 4.02. The highest BCUT2D eigenvalue weighted by molar-refractivity contribution is 6.20. The minimum Gasteiger partial charge on any atom is -0.361 e. The van der Waals surface area contributed by atoms with Gasteiger partial charge in [0.1, 0.15) is 0 Å². The highest BCUT2D eigenvalue weighted by atomic mass is 16.7. The Bertz CT molecular complexity index is 878. The maximum absolute atomic E-state index is 12.2. The van der Waals surface area contributed by atoms with Crippen LogP contribution in [0.15, 0.2) is 54.7 Å². The van der Waals surface area contributed by atoms with E-state index in [1.54, 1.807) is 24.3 Å². The van der Waals surface area contributed by atoms with Crippen molar-refractivity contribution in [2.45, 2.75) is 6.42 Å². The molecular formula is C18H14N2O3. The predicted molar refractivity (Wildman–Crippen MR) is 84.9 cm³/mol. The molecule has 3 aromatic rings. The Morgan fingerprint density at radius 3 is 2.30 bits per heavy atom. The molecule has 0 atom stereocenters. The van der Waals surface area contributed by atoms with Crippen molar-refractivity contribution in [1.29, 1.82) is 0 Å². The lowest BCUT2D eigenvalue weighted by Gasteiger charge is -2.13. The largest absolute Gasteiger partial charge is 0.361 e. The van der Waals surface area contributed by atoms with E-state index in [1.807, 2.05) is 30.5 Å². The molecule has 0 radical (unpaired) electrons. The van der Waals surface area contributed by atoms with Gasteiger partial charge < -0.3 is 4.98 Å². The first-order valence-corrected chi connectivity index (χ1v) is 7.41. The van der Waals surface area contributed by atoms with E-state index < -0.39 is 11.8 Å². The van der Waals surface area contributed by atoms with Crippen molar-refractivity contribution in [3.63, 3.8) is 0 Å². The summed E-state index contributed by atoms with van der Waals surface area (Å²) in [5.41, 5.74) is 2.94. The summed E-state index contributed by atoms with van der Waals surface area (Å²) in [4.78, 5) is 33.0. The maximum atomic E-state index is 12.2. The van der Waals surface area contributed by atoms with Crippen LogP contribution in [0, 0.1) is 0 Å². The maximum Gasteiger partial charge on any atom is 0.285 e. The summed E-state index contributed by atoms with van der Waals surface area (Å²) in [6.45, 7) is 0.257. The van der Waals surface area contributed by atoms with Gasteiger partial charge in [-0.1, -0.05) is 30.3 Å². The van der Waals surface area contributed by atoms with Crippen LogP contribution >= 0.6 is 0 Å². The molecule has 2 heterocycles. The topological polar surface area (TPSA) is 62.4 Å². The Hall–Kier alpha value is -2.92. The summed E-state index contributed by atoms with van der Waals surface area (Å²) in [6.07, 6.45) is 2.54. The molecule has 0 spiro atoms. The third kappa shape index (κ3) is 2.22. The minimum atomic E-state index is -0.399. The van der Waals surface area contributed by atoms with Gasteiger partial charge in [0.2, 0.25) is 0 Å². The van der Waals surface area contributed by atoms with E-state index in [-0.39, 0.29) is 6.61 Å². The van der Waals surface area contributed by atoms with Gasteiger partial charge in [0.15, 0.2) is 0 Å². The highest BCUT2D eigenvalue weighted by Crippen LogP contribution is 2.23. The molecule has 1 N–H and O–H groups in total. The summed E-state index contributed by atoms with van der Waals surface area (Å²) in [5, 5.41) is 1.98. The van der Waals surface area contributed by atoms with Crippen LogP contribution in [0.2, 0.25) is 0 Å². The highest BCUT2D eigenvalue weighted by Gasteiger charge is 2.36. The quantitative estimate of drug-likeness (QED) is 0.754. The fourth-order valence-electron chi connectivity index (χ4n) is 2.87. The Morgan fingerprint density at radius 1 is 0.913 bits per heavy atom. The van der Waals surface area contributed by atoms with Crippen LogP contribution in [-0.2, 0) is 11.3 Å². The molecule has 5 heteroatoms. The molecule has 0 unspecified atom stereocenters. The number of para-hydroxylation sites is 1. The number of hydrogen-bond acceptors (Lipinski definition) is 3. The fraction of sp³-hybridized carbons (Fsp3) is 0.111. The van der Waals surface area contributed by atoms with Crippen LogP contribution in [0.4, 0.5) is 0 Å². The molecule has 0 bridgehead atoms. The second-order valence-corrected chi connectivity index (χ2v) is 5.39. The first-order valence-electron chi connectivity index (χ1n) is 7.41. The monoisotopic (exact) mass is 306 g/mol. The number of H-pyrrole nitrogens is 1. The number of amides is 2. The van der Waals surface area contributed by atoms with Gasteiger partial charge in [-0.25, -0.2) is 0 Å². The molecule has 0 saturated carbocycles. The van der Waals surface area contributed by atoms with Crippen LogP contribution in [0.1, 0.15) is 26.3 Å². The number of nitrogens with one attached hydrogen (secondary N) is 1. The Kier molecular flexibility index (Phi) is 3.20. The molecule has 114 valence electrons. The summed E-state index contributed by atoms with van der Waals surface area (Å²) >= 11 is 0. The van der Waals surface area contributed by atoms with Crippen molar-refractivity contribution in [1.82, 2.24) is 10.0 Å². The van der Waals surface area contributed by atoms with E-state index in [9.17, 15) is 9.59 Å². The molecule has 1 aliphatic heterocycles. The van der Waals surface area contributed by atoms with Gasteiger partial charge in [-0.2, -0.15) is 0 Å². The number of hydrogen-bond donors (Lipinski definition) is 1. The van der Waals surface area contributed by atoms with Crippen molar-refractivity contribution in [2.24, 2.45) is 0 Å². The first-order chi connectivity index (χ1) is 11.3. The Balaban J connectivity index is 1.46. The molecular weight excluding hydrogens is 292 g/mol. The number of nitrogens with zero attached hydrogens (tertiary/aromatic N) is 1. The number of fused-ring (bicyclic) bond motifs is 2. The number of imide groups is 1. The summed E-state index contributed by atoms with van der Waals surface area (Å²) in [5.74, 6) is -0.797. The van der Waals surface area contributed by atoms with Crippen LogP contribution in [0.5, 0.6) is 0 Å². The van der Waals surface area contributed by atoms with Gasteiger partial charge in [0, 0.05) is 23.5 Å². The first kappa shape index (κ1) is 13.7. The number of rotatable bonds is 4. The molecule has 1 aliphatic rings. The zero-order chi connectivity index (χ0) is 15.8. The van der Waals surface area contributed by atoms with Crippen molar-refractivity contribution in [3.8, 4) is 0 Å². The van der Waals surface area contributed by atoms with E-state index in [0.717, 1.165) is 21.5 Å². The molecule has 1 aromatic heterocycles. The van der Waals surface area contributed by atoms with Gasteiger partial charge in [-0.3, -0.25) is 14.4 Å². The van der Waals surface area contributed by atoms with E-state index in [4.69, 9.17) is 4.84 Å². The zero-order valence-electron chi connectivity index (χ0n) is 12.3. The van der Waals surface area contributed by atoms with E-state index in [2.05, 4.69) is 4.98 Å². The third-order valence-corrected chi connectivity index (χ3v) is 4.02. The van der Waals surface area contributed by atoms with E-state index in [1.165, 1.54) is 0 Å². The number of carbonyl (C=O) groups excluding carboxylic acids is 2. The van der Waals surface area contributed by atoms with Crippen molar-refractivity contribution < 1.29 is 14.4 Å². The number of benzene rings is 2. The van der Waals surface area contributed by atoms with Crippen molar-refractivity contribution in [3.05, 3.63) is 71.4 Å². The molecule has 4 rings (SSSR count). The average molecular weight is 306 g/mol. The minimum absolute atomic E-state index is 0.257. The SMILES string of the molecule is O=C1c2ccccc2C(=O)N1OCCc1c[nH]c2ccccc12. The molecule has 0 fully saturated rings. The van der Waals surface area contributed by atoms with Crippen LogP contribution in [0.25, 0.3) is 10.9 Å². The number of aromatic amines is 1. The molecule has 2 amide bonds. The van der Waals surface area contributed by atoms with Gasteiger partial charge in [-0.15, -0.1) is 5.06 Å². The smallest absolute Gasteiger partial charge is 0.285 e. The number of hydroxylamine groups is 2. The van der Waals surface area contributed by atoms with Crippen molar-refractivity contribution in [2.75, 3.05) is 6.61 Å². The summed E-state index contributed by atoms with van der Waals surface area (Å²) in [7, 11) is 0. The second-order valence-electron chi connectivity index (χ2n) is 5.39. The summed E-state index contributed by atoms with van der Waals surface area (Å²) < 4.78 is 0. The Morgan fingerprint density at radius 2 is 1.57 bits per heavy atom. The predicted octanol–water partition coefficient (Wildman–Crippen LogP) is 2.94. The second kappa shape index (κ2) is 5.37. The van der Waals surface area contributed by atoms with Crippen molar-refractivity contribution >= 4 is 22.7 Å². The zero-order valence-corrected chi connectivity index (χ0v) is 12.3. The van der Waals surface area contributed by atoms with E-state index in [0.29, 0.717) is 17.5 Å². The molecule has 0 aliphatic carbocycles. The van der Waals surface area contributed by atoms with Crippen LogP contribution in [-0.4, -0.2) is 28.5 Å². The lowest BCUT2D eigenvalue weighted by Crippen LogP contribution is -2.30.